The average Bonchev–Trinajstić information content (AvgIpc) is 2.38. The fourth-order valence-electron chi connectivity index (χ4n) is 2.50. The molecule has 1 aliphatic carbocycles. The number of hydrogen-bond donors (Lipinski definition) is 1. The van der Waals surface area contributed by atoms with Crippen LogP contribution in [0.5, 0.6) is 0 Å². The van der Waals surface area contributed by atoms with E-state index in [-0.39, 0.29) is 16.6 Å². The molecule has 0 atom stereocenters. The summed E-state index contributed by atoms with van der Waals surface area (Å²) in [5.74, 6) is 0. The van der Waals surface area contributed by atoms with Crippen molar-refractivity contribution >= 4 is 15.7 Å². The number of nitro benzene ring substituents is 1. The third-order valence-corrected chi connectivity index (χ3v) is 5.10. The maximum Gasteiger partial charge on any atom is 0.289 e. The zero-order valence-corrected chi connectivity index (χ0v) is 12.1. The van der Waals surface area contributed by atoms with Crippen LogP contribution in [0.15, 0.2) is 23.1 Å². The Labute approximate surface area is 118 Å². The second-order valence-electron chi connectivity index (χ2n) is 5.18. The van der Waals surface area contributed by atoms with E-state index in [1.54, 1.807) is 13.0 Å². The van der Waals surface area contributed by atoms with Gasteiger partial charge in [0.1, 0.15) is 0 Å². The molecule has 0 amide bonds. The first-order chi connectivity index (χ1) is 9.40. The standard InChI is InChI=1S/C13H18N2O4S/c1-10-7-8-13(12(9-10)15(16)17)20(18,19)14-11-5-3-2-4-6-11/h7-9,11,14H,2-6H2,1H3. The molecule has 6 nitrogen and oxygen atoms in total. The van der Waals surface area contributed by atoms with Gasteiger partial charge in [0.2, 0.25) is 10.0 Å². The van der Waals surface area contributed by atoms with Gasteiger partial charge in [-0.1, -0.05) is 25.3 Å². The van der Waals surface area contributed by atoms with Crippen molar-refractivity contribution in [3.8, 4) is 0 Å². The molecular weight excluding hydrogens is 280 g/mol. The van der Waals surface area contributed by atoms with E-state index < -0.39 is 14.9 Å². The molecule has 7 heteroatoms. The second kappa shape index (κ2) is 5.88. The lowest BCUT2D eigenvalue weighted by Gasteiger charge is -2.22. The second-order valence-corrected chi connectivity index (χ2v) is 6.87. The summed E-state index contributed by atoms with van der Waals surface area (Å²) in [6, 6.07) is 4.05. The molecule has 110 valence electrons. The fourth-order valence-corrected chi connectivity index (χ4v) is 3.96. The van der Waals surface area contributed by atoms with E-state index in [2.05, 4.69) is 4.72 Å². The van der Waals surface area contributed by atoms with Crippen molar-refractivity contribution in [3.63, 3.8) is 0 Å². The van der Waals surface area contributed by atoms with Crippen LogP contribution in [-0.4, -0.2) is 19.4 Å². The normalized spacial score (nSPS) is 17.1. The van der Waals surface area contributed by atoms with Crippen molar-refractivity contribution in [2.24, 2.45) is 0 Å². The fraction of sp³-hybridized carbons (Fsp3) is 0.538. The third-order valence-electron chi connectivity index (χ3n) is 3.53. The van der Waals surface area contributed by atoms with Crippen LogP contribution < -0.4 is 4.72 Å². The Kier molecular flexibility index (Phi) is 4.39. The topological polar surface area (TPSA) is 89.3 Å². The zero-order chi connectivity index (χ0) is 14.8. The van der Waals surface area contributed by atoms with Crippen molar-refractivity contribution < 1.29 is 13.3 Å². The molecule has 20 heavy (non-hydrogen) atoms. The molecule has 1 saturated carbocycles. The van der Waals surface area contributed by atoms with Gasteiger partial charge >= 0.3 is 0 Å². The van der Waals surface area contributed by atoms with E-state index in [9.17, 15) is 18.5 Å². The smallest absolute Gasteiger partial charge is 0.258 e. The predicted octanol–water partition coefficient (Wildman–Crippen LogP) is 2.51. The SMILES string of the molecule is Cc1ccc(S(=O)(=O)NC2CCCCC2)c([N+](=O)[O-])c1. The Morgan fingerprint density at radius 2 is 1.90 bits per heavy atom. The van der Waals surface area contributed by atoms with Gasteiger partial charge in [0, 0.05) is 12.1 Å². The van der Waals surface area contributed by atoms with Gasteiger partial charge < -0.3 is 0 Å². The number of benzene rings is 1. The van der Waals surface area contributed by atoms with Crippen LogP contribution in [0.2, 0.25) is 0 Å². The van der Waals surface area contributed by atoms with Crippen LogP contribution >= 0.6 is 0 Å². The third kappa shape index (κ3) is 3.34. The van der Waals surface area contributed by atoms with E-state index >= 15 is 0 Å². The lowest BCUT2D eigenvalue weighted by Crippen LogP contribution is -2.36. The van der Waals surface area contributed by atoms with Crippen LogP contribution in [0.4, 0.5) is 5.69 Å². The highest BCUT2D eigenvalue weighted by Gasteiger charge is 2.28. The van der Waals surface area contributed by atoms with Gasteiger partial charge in [-0.3, -0.25) is 10.1 Å². The van der Waals surface area contributed by atoms with E-state index in [4.69, 9.17) is 0 Å². The predicted molar refractivity (Wildman–Crippen MR) is 75.0 cm³/mol. The summed E-state index contributed by atoms with van der Waals surface area (Å²) in [7, 11) is -3.84. The van der Waals surface area contributed by atoms with Crippen molar-refractivity contribution in [2.45, 2.75) is 50.0 Å². The van der Waals surface area contributed by atoms with Gasteiger partial charge in [0.25, 0.3) is 5.69 Å². The minimum atomic E-state index is -3.84. The number of nitro groups is 1. The maximum absolute atomic E-state index is 12.3. The van der Waals surface area contributed by atoms with Gasteiger partial charge in [-0.15, -0.1) is 0 Å². The molecule has 0 aromatic heterocycles. The molecule has 0 aliphatic heterocycles. The van der Waals surface area contributed by atoms with Crippen LogP contribution in [-0.2, 0) is 10.0 Å². The molecule has 0 radical (unpaired) electrons. The zero-order valence-electron chi connectivity index (χ0n) is 11.3. The Morgan fingerprint density at radius 1 is 1.25 bits per heavy atom. The van der Waals surface area contributed by atoms with Gasteiger partial charge in [-0.2, -0.15) is 0 Å². The molecule has 1 aliphatic rings. The van der Waals surface area contributed by atoms with Gasteiger partial charge in [0.05, 0.1) is 4.92 Å². The Hall–Kier alpha value is -1.47. The molecule has 2 rings (SSSR count). The number of nitrogens with zero attached hydrogens (tertiary/aromatic N) is 1. The number of aryl methyl sites for hydroxylation is 1. The molecule has 1 aromatic rings. The molecule has 0 spiro atoms. The average molecular weight is 298 g/mol. The molecule has 1 fully saturated rings. The van der Waals surface area contributed by atoms with Gasteiger partial charge in [-0.05, 0) is 31.4 Å². The summed E-state index contributed by atoms with van der Waals surface area (Å²) in [5.41, 5.74) is 0.293. The molecule has 1 aromatic carbocycles. The minimum absolute atomic E-state index is 0.116. The van der Waals surface area contributed by atoms with Crippen molar-refractivity contribution in [1.82, 2.24) is 4.72 Å². The van der Waals surface area contributed by atoms with E-state index in [1.165, 1.54) is 12.1 Å². The van der Waals surface area contributed by atoms with Crippen molar-refractivity contribution in [1.29, 1.82) is 0 Å². The van der Waals surface area contributed by atoms with Crippen LogP contribution in [0.1, 0.15) is 37.7 Å². The maximum atomic E-state index is 12.3. The summed E-state index contributed by atoms with van der Waals surface area (Å²) in [6.45, 7) is 1.69. The number of rotatable bonds is 4. The summed E-state index contributed by atoms with van der Waals surface area (Å²) in [4.78, 5) is 10.1. The van der Waals surface area contributed by atoms with E-state index in [0.717, 1.165) is 32.1 Å². The first kappa shape index (κ1) is 14.9. The number of hydrogen-bond acceptors (Lipinski definition) is 4. The largest absolute Gasteiger partial charge is 0.289 e. The number of nitrogens with one attached hydrogen (secondary N) is 1. The van der Waals surface area contributed by atoms with Crippen LogP contribution in [0, 0.1) is 17.0 Å². The quantitative estimate of drug-likeness (QED) is 0.683. The van der Waals surface area contributed by atoms with Gasteiger partial charge in [0.15, 0.2) is 4.90 Å². The monoisotopic (exact) mass is 298 g/mol. The Bertz CT molecular complexity index is 607. The first-order valence-electron chi connectivity index (χ1n) is 6.67. The summed E-state index contributed by atoms with van der Waals surface area (Å²) < 4.78 is 27.2. The highest BCUT2D eigenvalue weighted by molar-refractivity contribution is 7.89. The number of sulfonamides is 1. The summed E-state index contributed by atoms with van der Waals surface area (Å²) in [5, 5.41) is 11.0. The minimum Gasteiger partial charge on any atom is -0.258 e. The molecule has 0 bridgehead atoms. The van der Waals surface area contributed by atoms with Crippen molar-refractivity contribution in [3.05, 3.63) is 33.9 Å². The summed E-state index contributed by atoms with van der Waals surface area (Å²) >= 11 is 0. The Balaban J connectivity index is 2.31. The van der Waals surface area contributed by atoms with Crippen LogP contribution in [0.25, 0.3) is 0 Å². The molecule has 0 unspecified atom stereocenters. The van der Waals surface area contributed by atoms with Crippen molar-refractivity contribution in [2.75, 3.05) is 0 Å². The van der Waals surface area contributed by atoms with Crippen LogP contribution in [0.3, 0.4) is 0 Å². The molecular formula is C13H18N2O4S. The summed E-state index contributed by atoms with van der Waals surface area (Å²) in [6.07, 6.45) is 4.67. The molecule has 0 saturated heterocycles. The highest BCUT2D eigenvalue weighted by atomic mass is 32.2. The Morgan fingerprint density at radius 3 is 2.50 bits per heavy atom. The molecule has 0 heterocycles. The lowest BCUT2D eigenvalue weighted by molar-refractivity contribution is -0.387. The van der Waals surface area contributed by atoms with E-state index in [0.29, 0.717) is 5.56 Å². The van der Waals surface area contributed by atoms with Gasteiger partial charge in [-0.25, -0.2) is 13.1 Å². The van der Waals surface area contributed by atoms with E-state index in [1.807, 2.05) is 0 Å². The highest BCUT2D eigenvalue weighted by Crippen LogP contribution is 2.26. The molecule has 1 N–H and O–H groups in total. The first-order valence-corrected chi connectivity index (χ1v) is 8.16. The lowest BCUT2D eigenvalue weighted by atomic mass is 9.96.